The Balaban J connectivity index is 2.31. The quantitative estimate of drug-likeness (QED) is 0.791. The van der Waals surface area contributed by atoms with Gasteiger partial charge in [-0.15, -0.1) is 0 Å². The van der Waals surface area contributed by atoms with Gasteiger partial charge in [-0.05, 0) is 49.6 Å². The monoisotopic (exact) mass is 280 g/mol. The Morgan fingerprint density at radius 2 is 2.00 bits per heavy atom. The molecule has 1 aromatic carbocycles. The number of nitrogens with zero attached hydrogens (tertiary/aromatic N) is 2. The van der Waals surface area contributed by atoms with Gasteiger partial charge in [0, 0.05) is 42.0 Å². The number of hydrogen-bond donors (Lipinski definition) is 1. The third-order valence-electron chi connectivity index (χ3n) is 4.02. The lowest BCUT2D eigenvalue weighted by Gasteiger charge is -2.11. The predicted octanol–water partition coefficient (Wildman–Crippen LogP) is 3.70. The summed E-state index contributed by atoms with van der Waals surface area (Å²) < 4.78 is 2.31. The molecule has 0 aliphatic rings. The van der Waals surface area contributed by atoms with Crippen molar-refractivity contribution >= 4 is 10.9 Å². The van der Waals surface area contributed by atoms with Crippen LogP contribution in [0.2, 0.25) is 0 Å². The van der Waals surface area contributed by atoms with E-state index >= 15 is 0 Å². The number of rotatable bonds is 4. The SMILES string of the molecule is Cc1cccc2c1c(C)c(-c1cccnc1)n2CCCO. The van der Waals surface area contributed by atoms with E-state index in [0.717, 1.165) is 18.5 Å². The maximum atomic E-state index is 9.20. The Hall–Kier alpha value is -2.13. The number of pyridine rings is 1. The van der Waals surface area contributed by atoms with Crippen LogP contribution >= 0.6 is 0 Å². The first-order valence-corrected chi connectivity index (χ1v) is 7.33. The van der Waals surface area contributed by atoms with Crippen molar-refractivity contribution in [1.82, 2.24) is 9.55 Å². The van der Waals surface area contributed by atoms with Gasteiger partial charge in [0.2, 0.25) is 0 Å². The van der Waals surface area contributed by atoms with Crippen LogP contribution in [0.4, 0.5) is 0 Å². The lowest BCUT2D eigenvalue weighted by Crippen LogP contribution is -2.02. The summed E-state index contributed by atoms with van der Waals surface area (Å²) in [5.74, 6) is 0. The summed E-state index contributed by atoms with van der Waals surface area (Å²) in [5.41, 5.74) is 6.15. The number of aliphatic hydroxyl groups excluding tert-OH is 1. The molecule has 0 atom stereocenters. The molecule has 0 radical (unpaired) electrons. The fraction of sp³-hybridized carbons (Fsp3) is 0.278. The molecule has 0 fully saturated rings. The van der Waals surface area contributed by atoms with Crippen LogP contribution in [0.15, 0.2) is 42.7 Å². The minimum atomic E-state index is 0.205. The Kier molecular flexibility index (Phi) is 3.76. The first kappa shape index (κ1) is 13.8. The molecule has 21 heavy (non-hydrogen) atoms. The Morgan fingerprint density at radius 1 is 1.14 bits per heavy atom. The van der Waals surface area contributed by atoms with Crippen LogP contribution in [0.3, 0.4) is 0 Å². The first-order chi connectivity index (χ1) is 10.2. The molecule has 3 rings (SSSR count). The molecule has 0 spiro atoms. The summed E-state index contributed by atoms with van der Waals surface area (Å²) in [6.07, 6.45) is 4.46. The minimum absolute atomic E-state index is 0.205. The molecule has 0 saturated heterocycles. The van der Waals surface area contributed by atoms with Gasteiger partial charge in [0.05, 0.1) is 5.69 Å². The number of aryl methyl sites for hydroxylation is 3. The molecular weight excluding hydrogens is 260 g/mol. The maximum absolute atomic E-state index is 9.20. The van der Waals surface area contributed by atoms with Crippen molar-refractivity contribution in [2.75, 3.05) is 6.61 Å². The summed E-state index contributed by atoms with van der Waals surface area (Å²) in [4.78, 5) is 4.25. The van der Waals surface area contributed by atoms with Crippen LogP contribution in [0.1, 0.15) is 17.5 Å². The van der Waals surface area contributed by atoms with Crippen LogP contribution < -0.4 is 0 Å². The van der Waals surface area contributed by atoms with Gasteiger partial charge in [-0.3, -0.25) is 4.98 Å². The molecule has 1 N–H and O–H groups in total. The highest BCUT2D eigenvalue weighted by Crippen LogP contribution is 2.34. The fourth-order valence-electron chi connectivity index (χ4n) is 3.14. The van der Waals surface area contributed by atoms with Crippen molar-refractivity contribution < 1.29 is 5.11 Å². The second-order valence-electron chi connectivity index (χ2n) is 5.41. The molecule has 0 aliphatic heterocycles. The molecule has 0 amide bonds. The van der Waals surface area contributed by atoms with Gasteiger partial charge in [0.25, 0.3) is 0 Å². The van der Waals surface area contributed by atoms with Gasteiger partial charge in [-0.1, -0.05) is 12.1 Å². The Morgan fingerprint density at radius 3 is 2.71 bits per heavy atom. The molecule has 0 unspecified atom stereocenters. The van der Waals surface area contributed by atoms with E-state index < -0.39 is 0 Å². The average molecular weight is 280 g/mol. The van der Waals surface area contributed by atoms with Crippen molar-refractivity contribution in [3.8, 4) is 11.3 Å². The van der Waals surface area contributed by atoms with Crippen molar-refractivity contribution in [2.24, 2.45) is 0 Å². The molecule has 2 heterocycles. The highest BCUT2D eigenvalue weighted by molar-refractivity contribution is 5.93. The number of hydrogen-bond acceptors (Lipinski definition) is 2. The number of fused-ring (bicyclic) bond motifs is 1. The average Bonchev–Trinajstić information content (AvgIpc) is 2.79. The van der Waals surface area contributed by atoms with Crippen LogP contribution in [-0.4, -0.2) is 21.3 Å². The summed E-state index contributed by atoms with van der Waals surface area (Å²) in [7, 11) is 0. The van der Waals surface area contributed by atoms with Crippen LogP contribution in [0.5, 0.6) is 0 Å². The van der Waals surface area contributed by atoms with E-state index in [4.69, 9.17) is 0 Å². The molecule has 3 nitrogen and oxygen atoms in total. The van der Waals surface area contributed by atoms with E-state index in [0.29, 0.717) is 0 Å². The Labute approximate surface area is 124 Å². The highest BCUT2D eigenvalue weighted by Gasteiger charge is 2.16. The van der Waals surface area contributed by atoms with E-state index in [1.165, 1.54) is 27.7 Å². The van der Waals surface area contributed by atoms with Gasteiger partial charge in [0.15, 0.2) is 0 Å². The minimum Gasteiger partial charge on any atom is -0.396 e. The number of aromatic nitrogens is 2. The third-order valence-corrected chi connectivity index (χ3v) is 4.02. The molecule has 2 aromatic heterocycles. The van der Waals surface area contributed by atoms with E-state index in [1.54, 1.807) is 6.20 Å². The van der Waals surface area contributed by atoms with Gasteiger partial charge >= 0.3 is 0 Å². The summed E-state index contributed by atoms with van der Waals surface area (Å²) in [6, 6.07) is 10.5. The van der Waals surface area contributed by atoms with Crippen LogP contribution in [0.25, 0.3) is 22.2 Å². The topological polar surface area (TPSA) is 38.0 Å². The zero-order chi connectivity index (χ0) is 14.8. The molecule has 0 aliphatic carbocycles. The number of aliphatic hydroxyl groups is 1. The van der Waals surface area contributed by atoms with Gasteiger partial charge < -0.3 is 9.67 Å². The van der Waals surface area contributed by atoms with Crippen molar-refractivity contribution in [3.05, 3.63) is 53.9 Å². The van der Waals surface area contributed by atoms with E-state index in [-0.39, 0.29) is 6.61 Å². The molecule has 0 saturated carbocycles. The van der Waals surface area contributed by atoms with E-state index in [2.05, 4.69) is 47.7 Å². The lowest BCUT2D eigenvalue weighted by molar-refractivity contribution is 0.281. The molecule has 108 valence electrons. The van der Waals surface area contributed by atoms with Crippen molar-refractivity contribution in [2.45, 2.75) is 26.8 Å². The normalized spacial score (nSPS) is 11.2. The van der Waals surface area contributed by atoms with Gasteiger partial charge in [0.1, 0.15) is 0 Å². The zero-order valence-electron chi connectivity index (χ0n) is 12.5. The predicted molar refractivity (Wildman–Crippen MR) is 86.3 cm³/mol. The van der Waals surface area contributed by atoms with Crippen LogP contribution in [0, 0.1) is 13.8 Å². The molecule has 3 aromatic rings. The summed E-state index contributed by atoms with van der Waals surface area (Å²) in [5, 5.41) is 10.5. The summed E-state index contributed by atoms with van der Waals surface area (Å²) >= 11 is 0. The van der Waals surface area contributed by atoms with E-state index in [9.17, 15) is 5.11 Å². The van der Waals surface area contributed by atoms with Gasteiger partial charge in [-0.25, -0.2) is 0 Å². The first-order valence-electron chi connectivity index (χ1n) is 7.33. The van der Waals surface area contributed by atoms with Crippen molar-refractivity contribution in [1.29, 1.82) is 0 Å². The zero-order valence-corrected chi connectivity index (χ0v) is 12.5. The molecule has 0 bridgehead atoms. The van der Waals surface area contributed by atoms with Crippen LogP contribution in [-0.2, 0) is 6.54 Å². The third kappa shape index (κ3) is 2.34. The maximum Gasteiger partial charge on any atom is 0.0536 e. The Bertz CT molecular complexity index is 760. The van der Waals surface area contributed by atoms with E-state index in [1.807, 2.05) is 12.3 Å². The lowest BCUT2D eigenvalue weighted by atomic mass is 10.0. The smallest absolute Gasteiger partial charge is 0.0536 e. The second-order valence-corrected chi connectivity index (χ2v) is 5.41. The number of benzene rings is 1. The highest BCUT2D eigenvalue weighted by atomic mass is 16.3. The fourth-order valence-corrected chi connectivity index (χ4v) is 3.14. The molecule has 3 heteroatoms. The largest absolute Gasteiger partial charge is 0.396 e. The standard InChI is InChI=1S/C18H20N2O/c1-13-6-3-8-16-17(13)14(2)18(20(16)10-5-11-21)15-7-4-9-19-12-15/h3-4,6-9,12,21H,5,10-11H2,1-2H3. The van der Waals surface area contributed by atoms with Crippen molar-refractivity contribution in [3.63, 3.8) is 0 Å². The molecular formula is C18H20N2O. The summed E-state index contributed by atoms with van der Waals surface area (Å²) in [6.45, 7) is 5.34. The van der Waals surface area contributed by atoms with Gasteiger partial charge in [-0.2, -0.15) is 0 Å². The second kappa shape index (κ2) is 5.70.